The highest BCUT2D eigenvalue weighted by molar-refractivity contribution is 5.76. The van der Waals surface area contributed by atoms with Crippen LogP contribution in [0.3, 0.4) is 0 Å². The van der Waals surface area contributed by atoms with Gasteiger partial charge in [-0.2, -0.15) is 0 Å². The maximum absolute atomic E-state index is 0. The monoisotopic (exact) mass is 192 g/mol. The van der Waals surface area contributed by atoms with E-state index < -0.39 is 0 Å². The lowest BCUT2D eigenvalue weighted by Gasteiger charge is -0.00100. The molecule has 0 aliphatic rings. The van der Waals surface area contributed by atoms with Crippen LogP contribution < -0.4 is 0 Å². The van der Waals surface area contributed by atoms with Gasteiger partial charge in [0.25, 0.3) is 0 Å². The molecule has 0 fully saturated rings. The summed E-state index contributed by atoms with van der Waals surface area (Å²) in [5, 5.41) is 0. The van der Waals surface area contributed by atoms with Crippen LogP contribution >= 0.6 is 0 Å². The van der Waals surface area contributed by atoms with Crippen molar-refractivity contribution in [2.75, 3.05) is 0 Å². The minimum Gasteiger partial charge on any atom is 0 e. The Bertz CT molecular complexity index is 0. The van der Waals surface area contributed by atoms with Crippen LogP contribution in [0.1, 0.15) is 0 Å². The van der Waals surface area contributed by atoms with E-state index in [1.165, 1.54) is 0 Å². The van der Waals surface area contributed by atoms with E-state index in [9.17, 15) is 0 Å². The summed E-state index contributed by atoms with van der Waals surface area (Å²) < 4.78 is 0. The molecule has 0 aromatic heterocycles. The smallest absolute Gasteiger partial charge is 0 e. The molecule has 0 saturated heterocycles. The third kappa shape index (κ3) is 40.0. The van der Waals surface area contributed by atoms with E-state index in [4.69, 9.17) is 0 Å². The Hall–Kier alpha value is 6.13. The minimum absolute atomic E-state index is 0. The van der Waals surface area contributed by atoms with Crippen molar-refractivity contribution in [1.82, 2.24) is 0 Å². The van der Waals surface area contributed by atoms with Crippen LogP contribution in [0.25, 0.3) is 0 Å². The zero-order valence-electron chi connectivity index (χ0n) is 5.66. The molecule has 0 saturated carbocycles. The summed E-state index contributed by atoms with van der Waals surface area (Å²) in [6.07, 6.45) is 0. The van der Waals surface area contributed by atoms with Gasteiger partial charge in [0.1, 0.15) is 0 Å². The predicted molar refractivity (Wildman–Crippen MR) is 46.0 cm³/mol. The number of hydrogen-bond acceptors (Lipinski definition) is 0. The fraction of sp³-hybridized carbons (Fsp3) is 0. The SMILES string of the molecule is [Mg].[Mg].[Mg].[Mg].[Mg].[Mg].[Mg].[Mg]. The average Bonchev–Trinajstić information content (AvgIpc) is 0. The lowest BCUT2D eigenvalue weighted by atomic mass is 24.3. The van der Waals surface area contributed by atoms with Crippen molar-refractivity contribution in [2.45, 2.75) is 0 Å². The first kappa shape index (κ1) is 64.8. The largest absolute Gasteiger partial charge is 0 e. The lowest BCUT2D eigenvalue weighted by molar-refractivity contribution is 5.75. The summed E-state index contributed by atoms with van der Waals surface area (Å²) in [7, 11) is 0. The Labute approximate surface area is 180 Å². The van der Waals surface area contributed by atoms with Gasteiger partial charge in [-0.05, 0) is 0 Å². The van der Waals surface area contributed by atoms with Crippen molar-refractivity contribution >= 4 is 184 Å². The van der Waals surface area contributed by atoms with E-state index in [0.29, 0.717) is 0 Å². The second-order valence-corrected chi connectivity index (χ2v) is 0. The molecule has 16 valence electrons. The molecular formula is Mg8. The van der Waals surface area contributed by atoms with E-state index in [1.54, 1.807) is 0 Å². The second kappa shape index (κ2) is 51.4. The maximum Gasteiger partial charge on any atom is 0 e. The highest BCUT2D eigenvalue weighted by Crippen LogP contribution is -0.374. The van der Waals surface area contributed by atoms with E-state index >= 15 is 0 Å². The summed E-state index contributed by atoms with van der Waals surface area (Å²) >= 11 is 0. The molecule has 0 aromatic rings. The summed E-state index contributed by atoms with van der Waals surface area (Å²) in [6, 6.07) is 0. The molecule has 0 bridgehead atoms. The van der Waals surface area contributed by atoms with Gasteiger partial charge in [-0.25, -0.2) is 0 Å². The molecule has 8 heteroatoms. The molecule has 8 heavy (non-hydrogen) atoms. The summed E-state index contributed by atoms with van der Waals surface area (Å²) in [5.74, 6) is 0. The van der Waals surface area contributed by atoms with E-state index in [2.05, 4.69) is 0 Å². The molecule has 0 aliphatic carbocycles. The van der Waals surface area contributed by atoms with Crippen molar-refractivity contribution in [1.29, 1.82) is 0 Å². The first-order chi connectivity index (χ1) is 0. The van der Waals surface area contributed by atoms with Gasteiger partial charge in [0.05, 0.1) is 0 Å². The molecule has 0 heterocycles. The molecule has 0 amide bonds. The van der Waals surface area contributed by atoms with Crippen LogP contribution in [0.5, 0.6) is 0 Å². The first-order valence-electron chi connectivity index (χ1n) is 0. The van der Waals surface area contributed by atoms with Crippen LogP contribution in [0.2, 0.25) is 0 Å². The summed E-state index contributed by atoms with van der Waals surface area (Å²) in [4.78, 5) is 0. The van der Waals surface area contributed by atoms with Crippen LogP contribution in [0, 0.1) is 0 Å². The zero-order chi connectivity index (χ0) is 0. The zero-order valence-corrected chi connectivity index (χ0v) is 17.0. The third-order valence-corrected chi connectivity index (χ3v) is 0. The van der Waals surface area contributed by atoms with Crippen LogP contribution in [0.4, 0.5) is 0 Å². The molecular weight excluding hydrogens is 194 g/mol. The van der Waals surface area contributed by atoms with Gasteiger partial charge >= 0.3 is 0 Å². The molecule has 16 radical (unpaired) electrons. The lowest BCUT2D eigenvalue weighted by Crippen LogP contribution is -0.382. The first-order valence-corrected chi connectivity index (χ1v) is 0. The normalized spacial score (nSPS) is 0. The molecule has 0 aromatic carbocycles. The second-order valence-electron chi connectivity index (χ2n) is 0. The molecule has 0 atom stereocenters. The summed E-state index contributed by atoms with van der Waals surface area (Å²) in [6.45, 7) is 0. The Morgan fingerprint density at radius 2 is 0.125 bits per heavy atom. The van der Waals surface area contributed by atoms with Gasteiger partial charge in [0.2, 0.25) is 0 Å². The topological polar surface area (TPSA) is 0 Å². The van der Waals surface area contributed by atoms with Gasteiger partial charge in [-0.1, -0.05) is 0 Å². The van der Waals surface area contributed by atoms with Crippen molar-refractivity contribution in [3.05, 3.63) is 0 Å². The van der Waals surface area contributed by atoms with Gasteiger partial charge in [-0.15, -0.1) is 0 Å². The molecule has 0 unspecified atom stereocenters. The summed E-state index contributed by atoms with van der Waals surface area (Å²) in [5.41, 5.74) is 0. The van der Waals surface area contributed by atoms with Crippen molar-refractivity contribution in [3.8, 4) is 0 Å². The van der Waals surface area contributed by atoms with Gasteiger partial charge in [0.15, 0.2) is 0 Å². The highest BCUT2D eigenvalue weighted by Gasteiger charge is 0.00700. The minimum atomic E-state index is 0. The molecule has 0 nitrogen and oxygen atoms in total. The van der Waals surface area contributed by atoms with Gasteiger partial charge < -0.3 is 0 Å². The van der Waals surface area contributed by atoms with Gasteiger partial charge in [0, 0.05) is 184 Å². The molecule has 0 aliphatic heterocycles. The number of rotatable bonds is 0. The molecule has 0 N–H and O–H groups in total. The Kier molecular flexibility index (Phi) is 417. The number of hydrogen-bond donors (Lipinski definition) is 0. The molecule has 0 rings (SSSR count). The van der Waals surface area contributed by atoms with Crippen LogP contribution in [-0.2, 0) is 0 Å². The van der Waals surface area contributed by atoms with E-state index in [0.717, 1.165) is 0 Å². The quantitative estimate of drug-likeness (QED) is 0.360. The van der Waals surface area contributed by atoms with E-state index in [-0.39, 0.29) is 184 Å². The fourth-order valence-corrected chi connectivity index (χ4v) is 0. The van der Waals surface area contributed by atoms with E-state index in [1.807, 2.05) is 0 Å². The Morgan fingerprint density at radius 1 is 0.125 bits per heavy atom. The predicted octanol–water partition coefficient (Wildman–Crippen LogP) is -3.05. The van der Waals surface area contributed by atoms with Crippen molar-refractivity contribution in [3.63, 3.8) is 0 Å². The Balaban J connectivity index is 0. The highest BCUT2D eigenvalue weighted by atomic mass is 24.3. The van der Waals surface area contributed by atoms with Crippen LogP contribution in [-0.4, -0.2) is 184 Å². The molecule has 0 spiro atoms. The fourth-order valence-electron chi connectivity index (χ4n) is 0. The Morgan fingerprint density at radius 3 is 0.125 bits per heavy atom. The van der Waals surface area contributed by atoms with Crippen molar-refractivity contribution in [2.24, 2.45) is 0 Å². The van der Waals surface area contributed by atoms with Crippen molar-refractivity contribution < 1.29 is 0 Å². The maximum atomic E-state index is 0. The third-order valence-electron chi connectivity index (χ3n) is 0. The van der Waals surface area contributed by atoms with Gasteiger partial charge in [-0.3, -0.25) is 0 Å². The average molecular weight is 194 g/mol. The standard InChI is InChI=1S/8Mg. The van der Waals surface area contributed by atoms with Crippen LogP contribution in [0.15, 0.2) is 0 Å².